The van der Waals surface area contributed by atoms with Crippen LogP contribution in [0, 0.1) is 0 Å². The SMILES string of the molecule is O=C(c1ccccc1)c1ccccc1C(=O)N1CCN(c2ccc(-c3ccccn3)nn2)CC1. The van der Waals surface area contributed by atoms with E-state index in [0.717, 1.165) is 17.2 Å². The van der Waals surface area contributed by atoms with E-state index >= 15 is 0 Å². The first-order valence-electron chi connectivity index (χ1n) is 11.2. The molecule has 0 unspecified atom stereocenters. The molecule has 5 rings (SSSR count). The van der Waals surface area contributed by atoms with Gasteiger partial charge >= 0.3 is 0 Å². The van der Waals surface area contributed by atoms with Gasteiger partial charge in [-0.15, -0.1) is 10.2 Å². The van der Waals surface area contributed by atoms with Gasteiger partial charge in [0, 0.05) is 43.5 Å². The van der Waals surface area contributed by atoms with Crippen LogP contribution < -0.4 is 4.90 Å². The second-order valence-corrected chi connectivity index (χ2v) is 8.01. The number of nitrogens with zero attached hydrogens (tertiary/aromatic N) is 5. The summed E-state index contributed by atoms with van der Waals surface area (Å²) in [5.74, 6) is 0.494. The number of rotatable bonds is 5. The summed E-state index contributed by atoms with van der Waals surface area (Å²) in [4.78, 5) is 34.6. The minimum Gasteiger partial charge on any atom is -0.352 e. The molecule has 1 aliphatic heterocycles. The Kier molecular flexibility index (Phi) is 6.07. The van der Waals surface area contributed by atoms with Gasteiger partial charge in [0.05, 0.1) is 11.3 Å². The lowest BCUT2D eigenvalue weighted by atomic mass is 9.97. The third-order valence-electron chi connectivity index (χ3n) is 5.91. The highest BCUT2D eigenvalue weighted by atomic mass is 16.2. The van der Waals surface area contributed by atoms with E-state index in [2.05, 4.69) is 20.1 Å². The molecule has 0 bridgehead atoms. The first kappa shape index (κ1) is 21.5. The maximum Gasteiger partial charge on any atom is 0.254 e. The summed E-state index contributed by atoms with van der Waals surface area (Å²) in [6.07, 6.45) is 1.73. The van der Waals surface area contributed by atoms with Gasteiger partial charge in [-0.1, -0.05) is 54.6 Å². The van der Waals surface area contributed by atoms with Crippen LogP contribution in [0.2, 0.25) is 0 Å². The van der Waals surface area contributed by atoms with Gasteiger partial charge in [-0.25, -0.2) is 0 Å². The fraction of sp³-hybridized carbons (Fsp3) is 0.148. The number of aromatic nitrogens is 3. The molecule has 0 atom stereocenters. The smallest absolute Gasteiger partial charge is 0.254 e. The zero-order valence-corrected chi connectivity index (χ0v) is 18.5. The van der Waals surface area contributed by atoms with Crippen LogP contribution in [-0.2, 0) is 0 Å². The lowest BCUT2D eigenvalue weighted by molar-refractivity contribution is 0.0742. The molecule has 0 aliphatic carbocycles. The van der Waals surface area contributed by atoms with Crippen LogP contribution >= 0.6 is 0 Å². The minimum atomic E-state index is -0.147. The quantitative estimate of drug-likeness (QED) is 0.432. The zero-order chi connectivity index (χ0) is 23.3. The first-order valence-corrected chi connectivity index (χ1v) is 11.2. The van der Waals surface area contributed by atoms with Crippen molar-refractivity contribution in [3.05, 3.63) is 108 Å². The van der Waals surface area contributed by atoms with Gasteiger partial charge in [0.15, 0.2) is 11.6 Å². The number of piperazine rings is 1. The molecule has 1 aliphatic rings. The average molecular weight is 450 g/mol. The molecule has 1 fully saturated rings. The zero-order valence-electron chi connectivity index (χ0n) is 18.5. The molecule has 0 spiro atoms. The Bertz CT molecular complexity index is 1290. The van der Waals surface area contributed by atoms with E-state index in [9.17, 15) is 9.59 Å². The number of ketones is 1. The highest BCUT2D eigenvalue weighted by Gasteiger charge is 2.26. The predicted octanol–water partition coefficient (Wildman–Crippen LogP) is 3.73. The van der Waals surface area contributed by atoms with E-state index in [-0.39, 0.29) is 11.7 Å². The molecule has 7 nitrogen and oxygen atoms in total. The van der Waals surface area contributed by atoms with Crippen LogP contribution in [0.5, 0.6) is 0 Å². The van der Waals surface area contributed by atoms with E-state index in [1.165, 1.54) is 0 Å². The number of anilines is 1. The van der Waals surface area contributed by atoms with E-state index in [1.807, 2.05) is 48.5 Å². The van der Waals surface area contributed by atoms with Crippen LogP contribution in [0.25, 0.3) is 11.4 Å². The maximum absolute atomic E-state index is 13.3. The van der Waals surface area contributed by atoms with E-state index in [0.29, 0.717) is 42.9 Å². The monoisotopic (exact) mass is 449 g/mol. The summed E-state index contributed by atoms with van der Waals surface area (Å²) < 4.78 is 0. The summed E-state index contributed by atoms with van der Waals surface area (Å²) >= 11 is 0. The Labute approximate surface area is 197 Å². The molecule has 4 aromatic rings. The summed E-state index contributed by atoms with van der Waals surface area (Å²) in [5, 5.41) is 8.68. The van der Waals surface area contributed by atoms with Gasteiger partial charge in [-0.05, 0) is 30.3 Å². The highest BCUT2D eigenvalue weighted by molar-refractivity contribution is 6.15. The molecule has 1 saturated heterocycles. The van der Waals surface area contributed by atoms with Crippen molar-refractivity contribution in [3.8, 4) is 11.4 Å². The molecule has 168 valence electrons. The number of benzene rings is 2. The Balaban J connectivity index is 1.27. The largest absolute Gasteiger partial charge is 0.352 e. The van der Waals surface area contributed by atoms with Crippen molar-refractivity contribution in [2.24, 2.45) is 0 Å². The molecule has 3 heterocycles. The molecule has 7 heteroatoms. The first-order chi connectivity index (χ1) is 16.7. The van der Waals surface area contributed by atoms with Crippen molar-refractivity contribution in [2.45, 2.75) is 0 Å². The van der Waals surface area contributed by atoms with Crippen molar-refractivity contribution in [1.29, 1.82) is 0 Å². The lowest BCUT2D eigenvalue weighted by Gasteiger charge is -2.35. The maximum atomic E-state index is 13.3. The van der Waals surface area contributed by atoms with Crippen LogP contribution in [0.4, 0.5) is 5.82 Å². The van der Waals surface area contributed by atoms with Crippen LogP contribution in [0.3, 0.4) is 0 Å². The number of hydrogen-bond donors (Lipinski definition) is 0. The summed E-state index contributed by atoms with van der Waals surface area (Å²) in [7, 11) is 0. The minimum absolute atomic E-state index is 0.129. The van der Waals surface area contributed by atoms with Gasteiger partial charge in [0.2, 0.25) is 0 Å². The van der Waals surface area contributed by atoms with Gasteiger partial charge < -0.3 is 9.80 Å². The summed E-state index contributed by atoms with van der Waals surface area (Å²) in [5.41, 5.74) is 2.93. The van der Waals surface area contributed by atoms with Crippen LogP contribution in [0.1, 0.15) is 26.3 Å². The number of amides is 1. The van der Waals surface area contributed by atoms with Crippen molar-refractivity contribution >= 4 is 17.5 Å². The second-order valence-electron chi connectivity index (χ2n) is 8.01. The van der Waals surface area contributed by atoms with Crippen LogP contribution in [-0.4, -0.2) is 58.0 Å². The second kappa shape index (κ2) is 9.62. The number of carbonyl (C=O) groups is 2. The third-order valence-corrected chi connectivity index (χ3v) is 5.91. The topological polar surface area (TPSA) is 79.3 Å². The van der Waals surface area contributed by atoms with E-state index in [4.69, 9.17) is 0 Å². The Morgan fingerprint density at radius 3 is 2.03 bits per heavy atom. The lowest BCUT2D eigenvalue weighted by Crippen LogP contribution is -2.49. The van der Waals surface area contributed by atoms with Gasteiger partial charge in [0.25, 0.3) is 5.91 Å². The Hall–Kier alpha value is -4.39. The Morgan fingerprint density at radius 1 is 0.647 bits per heavy atom. The molecule has 0 N–H and O–H groups in total. The predicted molar refractivity (Wildman–Crippen MR) is 130 cm³/mol. The molecule has 0 saturated carbocycles. The van der Waals surface area contributed by atoms with E-state index < -0.39 is 0 Å². The molecule has 34 heavy (non-hydrogen) atoms. The standard InChI is InChI=1S/C27H23N5O2/c33-26(20-8-2-1-3-9-20)21-10-4-5-11-22(21)27(34)32-18-16-31(17-19-32)25-14-13-24(29-30-25)23-12-6-7-15-28-23/h1-15H,16-19H2. The van der Waals surface area contributed by atoms with Crippen molar-refractivity contribution in [3.63, 3.8) is 0 Å². The molecule has 2 aromatic heterocycles. The normalized spacial score (nSPS) is 13.5. The Morgan fingerprint density at radius 2 is 1.35 bits per heavy atom. The summed E-state index contributed by atoms with van der Waals surface area (Å²) in [6, 6.07) is 25.6. The van der Waals surface area contributed by atoms with Gasteiger partial charge in [-0.2, -0.15) is 0 Å². The van der Waals surface area contributed by atoms with Crippen molar-refractivity contribution < 1.29 is 9.59 Å². The fourth-order valence-corrected chi connectivity index (χ4v) is 4.07. The fourth-order valence-electron chi connectivity index (χ4n) is 4.07. The van der Waals surface area contributed by atoms with Crippen LogP contribution in [0.15, 0.2) is 91.1 Å². The molecule has 2 aromatic carbocycles. The third kappa shape index (κ3) is 4.41. The van der Waals surface area contributed by atoms with E-state index in [1.54, 1.807) is 47.5 Å². The molecular formula is C27H23N5O2. The average Bonchev–Trinajstić information content (AvgIpc) is 2.93. The van der Waals surface area contributed by atoms with Gasteiger partial charge in [0.1, 0.15) is 5.69 Å². The highest BCUT2D eigenvalue weighted by Crippen LogP contribution is 2.20. The van der Waals surface area contributed by atoms with Gasteiger partial charge in [-0.3, -0.25) is 14.6 Å². The molecule has 1 amide bonds. The van der Waals surface area contributed by atoms with Crippen molar-refractivity contribution in [1.82, 2.24) is 20.1 Å². The number of hydrogen-bond acceptors (Lipinski definition) is 6. The summed E-state index contributed by atoms with van der Waals surface area (Å²) in [6.45, 7) is 2.35. The van der Waals surface area contributed by atoms with Crippen molar-refractivity contribution in [2.75, 3.05) is 31.1 Å². The molecular weight excluding hydrogens is 426 g/mol. The number of pyridine rings is 1. The number of carbonyl (C=O) groups excluding carboxylic acids is 2. The molecule has 0 radical (unpaired) electrons.